The summed E-state index contributed by atoms with van der Waals surface area (Å²) in [4.78, 5) is 0.406. The molecule has 1 heterocycles. The molecule has 1 fully saturated rings. The summed E-state index contributed by atoms with van der Waals surface area (Å²) < 4.78 is 30.9. The molecule has 0 amide bonds. The first-order valence-corrected chi connectivity index (χ1v) is 11.1. The SMILES string of the molecule is Cc1ccc([C@@](C)(O)CN[C@H](C)c2ccc(S(=O)(=O)C3CCCC3)cc2)o1. The number of hydrogen-bond acceptors (Lipinski definition) is 5. The third-order valence-corrected chi connectivity index (χ3v) is 7.75. The molecule has 1 aromatic heterocycles. The van der Waals surface area contributed by atoms with Gasteiger partial charge >= 0.3 is 0 Å². The lowest BCUT2D eigenvalue weighted by atomic mass is 10.0. The van der Waals surface area contributed by atoms with Gasteiger partial charge < -0.3 is 14.8 Å². The van der Waals surface area contributed by atoms with Gasteiger partial charge in [-0.25, -0.2) is 8.42 Å². The Hall–Kier alpha value is -1.63. The summed E-state index contributed by atoms with van der Waals surface area (Å²) in [5.74, 6) is 1.29. The Morgan fingerprint density at radius 1 is 1.19 bits per heavy atom. The van der Waals surface area contributed by atoms with Gasteiger partial charge in [-0.2, -0.15) is 0 Å². The summed E-state index contributed by atoms with van der Waals surface area (Å²) in [6, 6.07) is 10.7. The third kappa shape index (κ3) is 4.45. The van der Waals surface area contributed by atoms with Crippen LogP contribution in [0.15, 0.2) is 45.7 Å². The molecule has 1 aromatic carbocycles. The number of aryl methyl sites for hydroxylation is 1. The highest BCUT2D eigenvalue weighted by Gasteiger charge is 2.30. The molecule has 2 atom stereocenters. The smallest absolute Gasteiger partial charge is 0.181 e. The Labute approximate surface area is 161 Å². The number of aliphatic hydroxyl groups is 1. The van der Waals surface area contributed by atoms with Crippen molar-refractivity contribution in [3.05, 3.63) is 53.5 Å². The van der Waals surface area contributed by atoms with Crippen LogP contribution in [0.1, 0.15) is 62.7 Å². The Kier molecular flexibility index (Phi) is 5.79. The van der Waals surface area contributed by atoms with E-state index in [0.717, 1.165) is 37.0 Å². The minimum Gasteiger partial charge on any atom is -0.463 e. The summed E-state index contributed by atoms with van der Waals surface area (Å²) in [5, 5.41) is 13.7. The van der Waals surface area contributed by atoms with Crippen LogP contribution in [0.2, 0.25) is 0 Å². The predicted octanol–water partition coefficient (Wildman–Crippen LogP) is 3.86. The van der Waals surface area contributed by atoms with E-state index in [1.165, 1.54) is 0 Å². The molecule has 1 aliphatic carbocycles. The molecule has 0 spiro atoms. The zero-order valence-electron chi connectivity index (χ0n) is 16.2. The molecule has 27 heavy (non-hydrogen) atoms. The molecule has 2 aromatic rings. The normalized spacial score (nSPS) is 19.1. The van der Waals surface area contributed by atoms with Gasteiger partial charge in [0.05, 0.1) is 10.1 Å². The highest BCUT2D eigenvalue weighted by Crippen LogP contribution is 2.30. The van der Waals surface area contributed by atoms with E-state index < -0.39 is 15.4 Å². The molecule has 0 radical (unpaired) electrons. The lowest BCUT2D eigenvalue weighted by molar-refractivity contribution is 0.0313. The minimum absolute atomic E-state index is 0.0317. The van der Waals surface area contributed by atoms with E-state index in [9.17, 15) is 13.5 Å². The predicted molar refractivity (Wildman–Crippen MR) is 105 cm³/mol. The zero-order valence-corrected chi connectivity index (χ0v) is 17.1. The van der Waals surface area contributed by atoms with Crippen LogP contribution in [0.3, 0.4) is 0 Å². The Balaban J connectivity index is 1.64. The zero-order chi connectivity index (χ0) is 19.7. The second-order valence-corrected chi connectivity index (χ2v) is 10.0. The lowest BCUT2D eigenvalue weighted by Gasteiger charge is -2.24. The standard InChI is InChI=1S/C21H29NO4S/c1-15-8-13-20(26-15)21(3,23)14-22-16(2)17-9-11-19(12-10-17)27(24,25)18-6-4-5-7-18/h8-13,16,18,22-23H,4-7,14H2,1-3H3/t16-,21+/m1/s1. The molecule has 0 unspecified atom stereocenters. The number of rotatable bonds is 7. The molecule has 0 aliphatic heterocycles. The average Bonchev–Trinajstić information content (AvgIpc) is 3.32. The molecule has 1 aliphatic rings. The van der Waals surface area contributed by atoms with Gasteiger partial charge in [-0.1, -0.05) is 25.0 Å². The average molecular weight is 392 g/mol. The number of benzene rings is 1. The molecular weight excluding hydrogens is 362 g/mol. The maximum atomic E-state index is 12.7. The molecule has 0 bridgehead atoms. The van der Waals surface area contributed by atoms with Gasteiger partial charge in [0.2, 0.25) is 0 Å². The topological polar surface area (TPSA) is 79.5 Å². The van der Waals surface area contributed by atoms with Crippen molar-refractivity contribution in [3.8, 4) is 0 Å². The van der Waals surface area contributed by atoms with Crippen molar-refractivity contribution in [3.63, 3.8) is 0 Å². The van der Waals surface area contributed by atoms with Gasteiger partial charge in [-0.05, 0) is 63.4 Å². The second-order valence-electron chi connectivity index (χ2n) is 7.81. The van der Waals surface area contributed by atoms with Gasteiger partial charge in [0.25, 0.3) is 0 Å². The fourth-order valence-electron chi connectivity index (χ4n) is 3.62. The molecule has 148 valence electrons. The first-order chi connectivity index (χ1) is 12.7. The fourth-order valence-corrected chi connectivity index (χ4v) is 5.47. The molecule has 5 nitrogen and oxygen atoms in total. The van der Waals surface area contributed by atoms with Crippen molar-refractivity contribution in [2.45, 2.75) is 68.2 Å². The number of furan rings is 1. The van der Waals surface area contributed by atoms with Gasteiger partial charge in [0.1, 0.15) is 17.1 Å². The maximum Gasteiger partial charge on any atom is 0.181 e. The van der Waals surface area contributed by atoms with Crippen molar-refractivity contribution >= 4 is 9.84 Å². The van der Waals surface area contributed by atoms with Crippen LogP contribution in [-0.4, -0.2) is 25.3 Å². The first-order valence-electron chi connectivity index (χ1n) is 9.57. The summed E-state index contributed by atoms with van der Waals surface area (Å²) in [6.45, 7) is 5.87. The van der Waals surface area contributed by atoms with E-state index in [2.05, 4.69) is 5.32 Å². The molecule has 1 saturated carbocycles. The van der Waals surface area contributed by atoms with Crippen molar-refractivity contribution in [1.29, 1.82) is 0 Å². The van der Waals surface area contributed by atoms with Crippen molar-refractivity contribution < 1.29 is 17.9 Å². The third-order valence-electron chi connectivity index (χ3n) is 5.47. The van der Waals surface area contributed by atoms with Crippen molar-refractivity contribution in [2.75, 3.05) is 6.54 Å². The van der Waals surface area contributed by atoms with Crippen LogP contribution in [0, 0.1) is 6.92 Å². The van der Waals surface area contributed by atoms with Crippen LogP contribution < -0.4 is 5.32 Å². The van der Waals surface area contributed by atoms with E-state index >= 15 is 0 Å². The number of sulfone groups is 1. The summed E-state index contributed by atoms with van der Waals surface area (Å²) in [5.41, 5.74) is -0.138. The van der Waals surface area contributed by atoms with E-state index in [4.69, 9.17) is 4.42 Å². The van der Waals surface area contributed by atoms with Gasteiger partial charge in [-0.15, -0.1) is 0 Å². The molecular formula is C21H29NO4S. The maximum absolute atomic E-state index is 12.7. The fraction of sp³-hybridized carbons (Fsp3) is 0.524. The second kappa shape index (κ2) is 7.78. The van der Waals surface area contributed by atoms with Crippen molar-refractivity contribution in [1.82, 2.24) is 5.32 Å². The summed E-state index contributed by atoms with van der Waals surface area (Å²) in [6.07, 6.45) is 3.53. The van der Waals surface area contributed by atoms with Gasteiger partial charge in [0, 0.05) is 12.6 Å². The first kappa shape index (κ1) is 20.1. The number of nitrogens with one attached hydrogen (secondary N) is 1. The highest BCUT2D eigenvalue weighted by molar-refractivity contribution is 7.92. The van der Waals surface area contributed by atoms with Crippen LogP contribution in [0.5, 0.6) is 0 Å². The van der Waals surface area contributed by atoms with Crippen molar-refractivity contribution in [2.24, 2.45) is 0 Å². The highest BCUT2D eigenvalue weighted by atomic mass is 32.2. The van der Waals surface area contributed by atoms with E-state index in [0.29, 0.717) is 17.2 Å². The quantitative estimate of drug-likeness (QED) is 0.749. The Morgan fingerprint density at radius 2 is 1.81 bits per heavy atom. The number of hydrogen-bond donors (Lipinski definition) is 2. The van der Waals surface area contributed by atoms with Crippen LogP contribution in [-0.2, 0) is 15.4 Å². The van der Waals surface area contributed by atoms with Gasteiger partial charge in [0.15, 0.2) is 9.84 Å². The monoisotopic (exact) mass is 391 g/mol. The Bertz CT molecular complexity index is 862. The molecule has 6 heteroatoms. The largest absolute Gasteiger partial charge is 0.463 e. The van der Waals surface area contributed by atoms with E-state index in [1.54, 1.807) is 25.1 Å². The Morgan fingerprint density at radius 3 is 2.37 bits per heavy atom. The van der Waals surface area contributed by atoms with E-state index in [1.807, 2.05) is 32.0 Å². The summed E-state index contributed by atoms with van der Waals surface area (Å²) >= 11 is 0. The lowest BCUT2D eigenvalue weighted by Crippen LogP contribution is -2.36. The van der Waals surface area contributed by atoms with E-state index in [-0.39, 0.29) is 11.3 Å². The molecule has 2 N–H and O–H groups in total. The van der Waals surface area contributed by atoms with Crippen LogP contribution in [0.4, 0.5) is 0 Å². The van der Waals surface area contributed by atoms with Crippen LogP contribution in [0.25, 0.3) is 0 Å². The minimum atomic E-state index is -3.22. The van der Waals surface area contributed by atoms with Gasteiger partial charge in [-0.3, -0.25) is 0 Å². The summed E-state index contributed by atoms with van der Waals surface area (Å²) in [7, 11) is -3.22. The molecule has 3 rings (SSSR count). The molecule has 0 saturated heterocycles. The van der Waals surface area contributed by atoms with Crippen LogP contribution >= 0.6 is 0 Å².